The van der Waals surface area contributed by atoms with Gasteiger partial charge in [-0.25, -0.2) is 9.55 Å². The van der Waals surface area contributed by atoms with E-state index in [4.69, 9.17) is 8.94 Å². The van der Waals surface area contributed by atoms with E-state index in [0.29, 0.717) is 50.4 Å². The highest BCUT2D eigenvalue weighted by atomic mass is 31.2. The van der Waals surface area contributed by atoms with E-state index in [0.717, 1.165) is 27.8 Å². The van der Waals surface area contributed by atoms with Gasteiger partial charge in [0, 0.05) is 49.2 Å². The quantitative estimate of drug-likeness (QED) is 0.228. The van der Waals surface area contributed by atoms with Crippen LogP contribution in [0.2, 0.25) is 0 Å². The van der Waals surface area contributed by atoms with Crippen molar-refractivity contribution in [2.75, 3.05) is 23.3 Å². The van der Waals surface area contributed by atoms with Crippen LogP contribution in [0.15, 0.2) is 47.3 Å². The van der Waals surface area contributed by atoms with Crippen molar-refractivity contribution in [3.63, 3.8) is 0 Å². The number of hydrogen-bond acceptors (Lipinski definition) is 8. The largest absolute Gasteiger partial charge is 0.470 e. The number of hydrogen-bond donors (Lipinski definition) is 3. The van der Waals surface area contributed by atoms with Crippen molar-refractivity contribution < 1.29 is 28.1 Å². The molecule has 1 fully saturated rings. The van der Waals surface area contributed by atoms with Crippen LogP contribution in [0, 0.1) is 12.8 Å². The molecule has 1 aliphatic rings. The molecule has 0 atom stereocenters. The molecule has 1 aliphatic heterocycles. The number of phosphoric acid groups is 1. The van der Waals surface area contributed by atoms with Crippen LogP contribution >= 0.6 is 7.82 Å². The van der Waals surface area contributed by atoms with Crippen molar-refractivity contribution in [3.8, 4) is 11.5 Å². The van der Waals surface area contributed by atoms with Crippen LogP contribution in [0.5, 0.6) is 0 Å². The van der Waals surface area contributed by atoms with Gasteiger partial charge in [-0.3, -0.25) is 19.0 Å². The molecule has 41 heavy (non-hydrogen) atoms. The number of pyridine rings is 1. The van der Waals surface area contributed by atoms with Gasteiger partial charge < -0.3 is 24.4 Å². The summed E-state index contributed by atoms with van der Waals surface area (Å²) in [4.78, 5) is 43.2. The van der Waals surface area contributed by atoms with E-state index in [1.165, 1.54) is 6.26 Å². The predicted octanol–water partition coefficient (Wildman–Crippen LogP) is 5.07. The van der Waals surface area contributed by atoms with Crippen molar-refractivity contribution in [2.24, 2.45) is 13.0 Å². The Morgan fingerprint density at radius 2 is 1.95 bits per heavy atom. The first-order valence-corrected chi connectivity index (χ1v) is 15.2. The summed E-state index contributed by atoms with van der Waals surface area (Å²) in [5.41, 5.74) is 3.01. The molecule has 13 heteroatoms. The first kappa shape index (κ1) is 28.9. The average Bonchev–Trinajstić information content (AvgIpc) is 3.57. The lowest BCUT2D eigenvalue weighted by Gasteiger charge is -2.44. The number of amides is 1. The molecule has 1 amide bonds. The second kappa shape index (κ2) is 11.4. The average molecular weight is 583 g/mol. The molecule has 0 saturated carbocycles. The van der Waals surface area contributed by atoms with E-state index in [2.05, 4.69) is 25.3 Å². The number of nitrogens with zero attached hydrogens (tertiary/aromatic N) is 5. The van der Waals surface area contributed by atoms with E-state index in [-0.39, 0.29) is 11.6 Å². The lowest BCUT2D eigenvalue weighted by atomic mass is 9.77. The normalized spacial score (nSPS) is 15.0. The Labute approximate surface area is 238 Å². The zero-order valence-electron chi connectivity index (χ0n) is 23.6. The van der Waals surface area contributed by atoms with E-state index in [1.54, 1.807) is 16.9 Å². The van der Waals surface area contributed by atoms with Crippen LogP contribution in [0.25, 0.3) is 22.4 Å². The highest BCUT2D eigenvalue weighted by Gasteiger charge is 2.43. The van der Waals surface area contributed by atoms with Gasteiger partial charge in [0.05, 0.1) is 22.5 Å². The van der Waals surface area contributed by atoms with Crippen LogP contribution in [0.1, 0.15) is 55.7 Å². The van der Waals surface area contributed by atoms with E-state index < -0.39 is 19.3 Å². The van der Waals surface area contributed by atoms with Gasteiger partial charge in [0.15, 0.2) is 5.69 Å². The Morgan fingerprint density at radius 1 is 1.22 bits per heavy atom. The summed E-state index contributed by atoms with van der Waals surface area (Å²) in [6.45, 7) is 6.91. The lowest BCUT2D eigenvalue weighted by molar-refractivity contribution is -0.0317. The monoisotopic (exact) mass is 582 g/mol. The van der Waals surface area contributed by atoms with Crippen molar-refractivity contribution >= 4 is 36.0 Å². The number of rotatable bonds is 9. The minimum atomic E-state index is -4.65. The van der Waals surface area contributed by atoms with Crippen molar-refractivity contribution in [1.29, 1.82) is 0 Å². The number of anilines is 2. The van der Waals surface area contributed by atoms with Crippen LogP contribution < -0.4 is 10.2 Å². The second-order valence-electron chi connectivity index (χ2n) is 10.5. The smallest absolute Gasteiger partial charge is 0.444 e. The number of nitrogens with one attached hydrogen (secondary N) is 1. The van der Waals surface area contributed by atoms with Crippen LogP contribution in [0.4, 0.5) is 11.4 Å². The minimum Gasteiger partial charge on any atom is -0.444 e. The number of aryl methyl sites for hydroxylation is 2. The first-order chi connectivity index (χ1) is 19.5. The summed E-state index contributed by atoms with van der Waals surface area (Å²) >= 11 is 0. The van der Waals surface area contributed by atoms with Gasteiger partial charge >= 0.3 is 7.82 Å². The third-order valence-corrected chi connectivity index (χ3v) is 8.54. The molecule has 4 heterocycles. The number of piperidine rings is 1. The van der Waals surface area contributed by atoms with Crippen molar-refractivity contribution in [3.05, 3.63) is 54.3 Å². The number of fused-ring (bicyclic) bond motifs is 1. The molecular weight excluding hydrogens is 547 g/mol. The van der Waals surface area contributed by atoms with Crippen LogP contribution in [-0.2, 0) is 16.1 Å². The number of carbonyl (C=O) groups excluding carboxylic acids is 1. The fourth-order valence-corrected chi connectivity index (χ4v) is 6.72. The third kappa shape index (κ3) is 6.20. The maximum absolute atomic E-state index is 13.3. The van der Waals surface area contributed by atoms with Gasteiger partial charge in [-0.2, -0.15) is 5.10 Å². The van der Waals surface area contributed by atoms with Gasteiger partial charge in [0.1, 0.15) is 6.26 Å². The Balaban J connectivity index is 1.39. The van der Waals surface area contributed by atoms with E-state index in [9.17, 15) is 19.1 Å². The molecule has 0 unspecified atom stereocenters. The van der Waals surface area contributed by atoms with Gasteiger partial charge in [0.25, 0.3) is 5.91 Å². The van der Waals surface area contributed by atoms with E-state index >= 15 is 0 Å². The standard InChI is InChI=1S/C28H35N6O6P/c1-5-28(6-2,40-41(36,37)38)21-8-11-34(12-9-21)25-15-22-20(16-33(4)32-22)14-23(25)30-26(35)24-17-39-27(31-24)19-7-10-29-18(3)13-19/h7,10,13-17,21H,5-6,8-9,11-12H2,1-4H3,(H,30,35)(H2,36,37,38). The summed E-state index contributed by atoms with van der Waals surface area (Å²) in [5.74, 6) is -0.0990. The fraction of sp³-hybridized carbons (Fsp3) is 0.429. The summed E-state index contributed by atoms with van der Waals surface area (Å²) in [6, 6.07) is 7.46. The molecule has 5 rings (SSSR count). The second-order valence-corrected chi connectivity index (χ2v) is 11.7. The fourth-order valence-electron chi connectivity index (χ4n) is 5.84. The molecule has 1 saturated heterocycles. The molecule has 0 spiro atoms. The van der Waals surface area contributed by atoms with Gasteiger partial charge in [-0.15, -0.1) is 0 Å². The zero-order chi connectivity index (χ0) is 29.4. The minimum absolute atomic E-state index is 0.0247. The Hall–Kier alpha value is -3.57. The molecule has 3 aromatic heterocycles. The third-order valence-electron chi connectivity index (χ3n) is 7.94. The van der Waals surface area contributed by atoms with Crippen molar-refractivity contribution in [2.45, 2.75) is 52.1 Å². The number of phosphoric ester groups is 1. The highest BCUT2D eigenvalue weighted by molar-refractivity contribution is 7.46. The van der Waals surface area contributed by atoms with E-state index in [1.807, 2.05) is 52.2 Å². The molecule has 1 aromatic carbocycles. The molecular formula is C28H35N6O6P. The zero-order valence-corrected chi connectivity index (χ0v) is 24.5. The maximum atomic E-state index is 13.3. The Morgan fingerprint density at radius 3 is 2.61 bits per heavy atom. The summed E-state index contributed by atoms with van der Waals surface area (Å²) in [5, 5.41) is 8.44. The van der Waals surface area contributed by atoms with Crippen molar-refractivity contribution in [1.82, 2.24) is 19.7 Å². The highest BCUT2D eigenvalue weighted by Crippen LogP contribution is 2.49. The van der Waals surface area contributed by atoms with Gasteiger partial charge in [-0.1, -0.05) is 13.8 Å². The summed E-state index contributed by atoms with van der Waals surface area (Å²) in [6.07, 6.45) is 7.23. The Bertz CT molecular complexity index is 1600. The number of aromatic nitrogens is 4. The molecule has 12 nitrogen and oxygen atoms in total. The molecule has 4 aromatic rings. The van der Waals surface area contributed by atoms with Crippen LogP contribution in [-0.4, -0.2) is 54.1 Å². The molecule has 0 radical (unpaired) electrons. The van der Waals surface area contributed by atoms with Gasteiger partial charge in [0.2, 0.25) is 5.89 Å². The first-order valence-electron chi connectivity index (χ1n) is 13.7. The SMILES string of the molecule is CCC(CC)(OP(=O)(O)O)C1CCN(c2cc3nn(C)cc3cc2NC(=O)c2coc(-c3ccnc(C)c3)n2)CC1. The molecule has 218 valence electrons. The predicted molar refractivity (Wildman–Crippen MR) is 155 cm³/mol. The molecule has 3 N–H and O–H groups in total. The molecule has 0 bridgehead atoms. The Kier molecular flexibility index (Phi) is 8.02. The topological polar surface area (TPSA) is 156 Å². The number of oxazole rings is 1. The number of carbonyl (C=O) groups is 1. The molecule has 0 aliphatic carbocycles. The lowest BCUT2D eigenvalue weighted by Crippen LogP contribution is -2.46. The number of benzene rings is 1. The van der Waals surface area contributed by atoms with Crippen LogP contribution in [0.3, 0.4) is 0 Å². The maximum Gasteiger partial charge on any atom is 0.470 e. The van der Waals surface area contributed by atoms with Gasteiger partial charge in [-0.05, 0) is 62.8 Å². The summed E-state index contributed by atoms with van der Waals surface area (Å²) < 4.78 is 24.5. The summed E-state index contributed by atoms with van der Waals surface area (Å²) in [7, 11) is -2.80.